The van der Waals surface area contributed by atoms with E-state index in [0.29, 0.717) is 5.69 Å². The lowest BCUT2D eigenvalue weighted by Crippen LogP contribution is -2.36. The lowest BCUT2D eigenvalue weighted by atomic mass is 10.3. The predicted molar refractivity (Wildman–Crippen MR) is 61.8 cm³/mol. The van der Waals surface area contributed by atoms with Gasteiger partial charge in [0.15, 0.2) is 0 Å². The van der Waals surface area contributed by atoms with Crippen LogP contribution in [0.1, 0.15) is 24.3 Å². The Morgan fingerprint density at radius 2 is 2.40 bits per heavy atom. The molecule has 0 unspecified atom stereocenters. The Morgan fingerprint density at radius 1 is 1.73 bits per heavy atom. The molecule has 1 heterocycles. The van der Waals surface area contributed by atoms with Crippen molar-refractivity contribution in [3.8, 4) is 0 Å². The molecule has 15 heavy (non-hydrogen) atoms. The number of aliphatic hydroxyl groups is 1. The van der Waals surface area contributed by atoms with Crippen LogP contribution in [0.4, 0.5) is 0 Å². The summed E-state index contributed by atoms with van der Waals surface area (Å²) in [6, 6.07) is 1.54. The predicted octanol–water partition coefficient (Wildman–Crippen LogP) is 1.38. The number of hydrogen-bond acceptors (Lipinski definition) is 2. The van der Waals surface area contributed by atoms with Gasteiger partial charge < -0.3 is 15.0 Å². The van der Waals surface area contributed by atoms with Crippen molar-refractivity contribution in [3.63, 3.8) is 0 Å². The SMILES string of the molecule is CCn1cc(Br)cc1C(=O)N[C@H](C)CO. The van der Waals surface area contributed by atoms with Crippen LogP contribution in [0.2, 0.25) is 0 Å². The first-order valence-corrected chi connectivity index (χ1v) is 5.65. The molecule has 1 amide bonds. The van der Waals surface area contributed by atoms with E-state index in [1.54, 1.807) is 13.0 Å². The summed E-state index contributed by atoms with van der Waals surface area (Å²) in [5.74, 6) is -0.163. The van der Waals surface area contributed by atoms with Crippen LogP contribution < -0.4 is 5.32 Å². The van der Waals surface area contributed by atoms with Gasteiger partial charge in [0.1, 0.15) is 5.69 Å². The number of aliphatic hydroxyl groups excluding tert-OH is 1. The Balaban J connectivity index is 2.81. The van der Waals surface area contributed by atoms with Crippen molar-refractivity contribution in [3.05, 3.63) is 22.4 Å². The van der Waals surface area contributed by atoms with Crippen molar-refractivity contribution in [2.24, 2.45) is 0 Å². The van der Waals surface area contributed by atoms with Crippen LogP contribution >= 0.6 is 15.9 Å². The molecule has 1 aromatic rings. The van der Waals surface area contributed by atoms with Crippen LogP contribution in [-0.2, 0) is 6.54 Å². The fourth-order valence-corrected chi connectivity index (χ4v) is 1.73. The summed E-state index contributed by atoms with van der Waals surface area (Å²) in [5.41, 5.74) is 0.602. The van der Waals surface area contributed by atoms with Gasteiger partial charge in [-0.15, -0.1) is 0 Å². The second-order valence-corrected chi connectivity index (χ2v) is 4.30. The second-order valence-electron chi connectivity index (χ2n) is 3.39. The lowest BCUT2D eigenvalue weighted by Gasteiger charge is -2.11. The molecule has 84 valence electrons. The molecule has 2 N–H and O–H groups in total. The molecule has 1 atom stereocenters. The standard InChI is InChI=1S/C10H15BrN2O2/c1-3-13-5-8(11)4-9(13)10(15)12-7(2)6-14/h4-5,7,14H,3,6H2,1-2H3,(H,12,15)/t7-/m1/s1. The Bertz CT molecular complexity index is 349. The van der Waals surface area contributed by atoms with Gasteiger partial charge in [0, 0.05) is 23.3 Å². The highest BCUT2D eigenvalue weighted by Gasteiger charge is 2.13. The van der Waals surface area contributed by atoms with E-state index >= 15 is 0 Å². The van der Waals surface area contributed by atoms with E-state index in [1.165, 1.54) is 0 Å². The van der Waals surface area contributed by atoms with Crippen LogP contribution in [0.3, 0.4) is 0 Å². The van der Waals surface area contributed by atoms with Gasteiger partial charge in [-0.3, -0.25) is 4.79 Å². The summed E-state index contributed by atoms with van der Waals surface area (Å²) in [7, 11) is 0. The molecule has 0 saturated heterocycles. The molecule has 0 fully saturated rings. The van der Waals surface area contributed by atoms with Gasteiger partial charge in [-0.2, -0.15) is 0 Å². The Labute approximate surface area is 97.4 Å². The van der Waals surface area contributed by atoms with E-state index in [9.17, 15) is 4.79 Å². The molecule has 4 nitrogen and oxygen atoms in total. The number of aryl methyl sites for hydroxylation is 1. The average molecular weight is 275 g/mol. The largest absolute Gasteiger partial charge is 0.394 e. The zero-order chi connectivity index (χ0) is 11.4. The molecule has 0 aromatic carbocycles. The number of carbonyl (C=O) groups is 1. The third kappa shape index (κ3) is 3.07. The van der Waals surface area contributed by atoms with E-state index in [0.717, 1.165) is 11.0 Å². The maximum Gasteiger partial charge on any atom is 0.268 e. The average Bonchev–Trinajstić information content (AvgIpc) is 2.59. The Morgan fingerprint density at radius 3 is 2.93 bits per heavy atom. The minimum atomic E-state index is -0.225. The van der Waals surface area contributed by atoms with Crippen LogP contribution in [-0.4, -0.2) is 28.2 Å². The number of hydrogen-bond donors (Lipinski definition) is 2. The summed E-state index contributed by atoms with van der Waals surface area (Å²) in [6.45, 7) is 4.41. The number of carbonyl (C=O) groups excluding carboxylic acids is 1. The maximum absolute atomic E-state index is 11.7. The smallest absolute Gasteiger partial charge is 0.268 e. The van der Waals surface area contributed by atoms with Crippen LogP contribution in [0.15, 0.2) is 16.7 Å². The highest BCUT2D eigenvalue weighted by molar-refractivity contribution is 9.10. The fraction of sp³-hybridized carbons (Fsp3) is 0.500. The van der Waals surface area contributed by atoms with E-state index in [2.05, 4.69) is 21.2 Å². The van der Waals surface area contributed by atoms with Gasteiger partial charge in [0.05, 0.1) is 6.61 Å². The number of rotatable bonds is 4. The van der Waals surface area contributed by atoms with Crippen LogP contribution in [0.5, 0.6) is 0 Å². The molecule has 5 heteroatoms. The molecule has 0 saturated carbocycles. The lowest BCUT2D eigenvalue weighted by molar-refractivity contribution is 0.0913. The molecular weight excluding hydrogens is 260 g/mol. The molecule has 0 aliphatic heterocycles. The van der Waals surface area contributed by atoms with Crippen LogP contribution in [0, 0.1) is 0 Å². The van der Waals surface area contributed by atoms with Crippen molar-refractivity contribution in [2.75, 3.05) is 6.61 Å². The highest BCUT2D eigenvalue weighted by atomic mass is 79.9. The monoisotopic (exact) mass is 274 g/mol. The minimum absolute atomic E-state index is 0.0558. The van der Waals surface area contributed by atoms with Gasteiger partial charge in [0.25, 0.3) is 5.91 Å². The van der Waals surface area contributed by atoms with E-state index in [1.807, 2.05) is 17.7 Å². The van der Waals surface area contributed by atoms with Crippen molar-refractivity contribution in [2.45, 2.75) is 26.4 Å². The van der Waals surface area contributed by atoms with Crippen molar-refractivity contribution in [1.29, 1.82) is 0 Å². The van der Waals surface area contributed by atoms with Gasteiger partial charge in [-0.1, -0.05) is 0 Å². The number of aromatic nitrogens is 1. The molecule has 1 aromatic heterocycles. The maximum atomic E-state index is 11.7. The van der Waals surface area contributed by atoms with E-state index in [4.69, 9.17) is 5.11 Å². The number of nitrogens with zero attached hydrogens (tertiary/aromatic N) is 1. The third-order valence-corrected chi connectivity index (χ3v) is 2.52. The van der Waals surface area contributed by atoms with Crippen molar-refractivity contribution in [1.82, 2.24) is 9.88 Å². The first-order chi connectivity index (χ1) is 7.08. The molecule has 0 aliphatic rings. The summed E-state index contributed by atoms with van der Waals surface area (Å²) in [4.78, 5) is 11.7. The zero-order valence-electron chi connectivity index (χ0n) is 8.83. The second kappa shape index (κ2) is 5.32. The number of amides is 1. The van der Waals surface area contributed by atoms with Gasteiger partial charge in [-0.05, 0) is 35.8 Å². The molecule has 1 rings (SSSR count). The molecule has 0 bridgehead atoms. The van der Waals surface area contributed by atoms with E-state index in [-0.39, 0.29) is 18.6 Å². The topological polar surface area (TPSA) is 54.3 Å². The molecule has 0 aliphatic carbocycles. The van der Waals surface area contributed by atoms with E-state index < -0.39 is 0 Å². The summed E-state index contributed by atoms with van der Waals surface area (Å²) >= 11 is 3.33. The molecular formula is C10H15BrN2O2. The van der Waals surface area contributed by atoms with Gasteiger partial charge >= 0.3 is 0 Å². The quantitative estimate of drug-likeness (QED) is 0.872. The summed E-state index contributed by atoms with van der Waals surface area (Å²) in [6.07, 6.45) is 1.86. The Hall–Kier alpha value is -0.810. The van der Waals surface area contributed by atoms with Crippen LogP contribution in [0.25, 0.3) is 0 Å². The van der Waals surface area contributed by atoms with Crippen molar-refractivity contribution >= 4 is 21.8 Å². The summed E-state index contributed by atoms with van der Waals surface area (Å²) in [5, 5.41) is 11.5. The highest BCUT2D eigenvalue weighted by Crippen LogP contribution is 2.14. The van der Waals surface area contributed by atoms with Crippen molar-refractivity contribution < 1.29 is 9.90 Å². The normalized spacial score (nSPS) is 12.5. The zero-order valence-corrected chi connectivity index (χ0v) is 10.4. The first kappa shape index (κ1) is 12.3. The first-order valence-electron chi connectivity index (χ1n) is 4.85. The molecule has 0 radical (unpaired) electrons. The molecule has 0 spiro atoms. The van der Waals surface area contributed by atoms with Gasteiger partial charge in [-0.25, -0.2) is 0 Å². The van der Waals surface area contributed by atoms with Gasteiger partial charge in [0.2, 0.25) is 0 Å². The number of nitrogens with one attached hydrogen (secondary N) is 1. The minimum Gasteiger partial charge on any atom is -0.394 e. The Kier molecular flexibility index (Phi) is 4.35. The number of halogens is 1. The third-order valence-electron chi connectivity index (χ3n) is 2.09. The fourth-order valence-electron chi connectivity index (χ4n) is 1.27. The summed E-state index contributed by atoms with van der Waals surface area (Å²) < 4.78 is 2.73.